The van der Waals surface area contributed by atoms with Crippen LogP contribution in [0.2, 0.25) is 0 Å². The third-order valence-electron chi connectivity index (χ3n) is 1.32. The summed E-state index contributed by atoms with van der Waals surface area (Å²) in [5.74, 6) is 0. The highest BCUT2D eigenvalue weighted by molar-refractivity contribution is 9.10. The summed E-state index contributed by atoms with van der Waals surface area (Å²) in [5.41, 5.74) is -0.0979. The number of hydrogen-bond acceptors (Lipinski definition) is 1. The first kappa shape index (κ1) is 9.55. The van der Waals surface area contributed by atoms with Crippen molar-refractivity contribution in [1.29, 1.82) is 0 Å². The fourth-order valence-electron chi connectivity index (χ4n) is 0.817. The summed E-state index contributed by atoms with van der Waals surface area (Å²) < 4.78 is 2.02. The molecule has 2 nitrogen and oxygen atoms in total. The molecule has 1 rings (SSSR count). The van der Waals surface area contributed by atoms with Crippen molar-refractivity contribution in [2.24, 2.45) is 0 Å². The standard InChI is InChI=1S/C8H7BrClNO/c1-6(10)5-11-4-2-3-7(9)8(11)12/h2-4H,1,5H2. The van der Waals surface area contributed by atoms with Crippen molar-refractivity contribution in [1.82, 2.24) is 4.57 Å². The maximum absolute atomic E-state index is 11.3. The van der Waals surface area contributed by atoms with Gasteiger partial charge in [0.15, 0.2) is 0 Å². The monoisotopic (exact) mass is 247 g/mol. The van der Waals surface area contributed by atoms with E-state index in [1.54, 1.807) is 18.3 Å². The molecule has 0 aliphatic heterocycles. The van der Waals surface area contributed by atoms with Crippen LogP contribution in [0.15, 0.2) is 39.2 Å². The lowest BCUT2D eigenvalue weighted by Crippen LogP contribution is -2.19. The lowest BCUT2D eigenvalue weighted by Gasteiger charge is -2.02. The van der Waals surface area contributed by atoms with Crippen LogP contribution in [-0.4, -0.2) is 4.57 Å². The van der Waals surface area contributed by atoms with Crippen molar-refractivity contribution in [2.75, 3.05) is 0 Å². The number of allylic oxidation sites excluding steroid dienone is 1. The summed E-state index contributed by atoms with van der Waals surface area (Å²) in [5, 5.41) is 0.440. The van der Waals surface area contributed by atoms with E-state index in [0.29, 0.717) is 16.0 Å². The lowest BCUT2D eigenvalue weighted by atomic mass is 10.4. The van der Waals surface area contributed by atoms with Crippen LogP contribution in [0.4, 0.5) is 0 Å². The fourth-order valence-corrected chi connectivity index (χ4v) is 1.33. The van der Waals surface area contributed by atoms with E-state index in [2.05, 4.69) is 22.5 Å². The van der Waals surface area contributed by atoms with Crippen LogP contribution in [0, 0.1) is 0 Å². The highest BCUT2D eigenvalue weighted by Crippen LogP contribution is 2.03. The van der Waals surface area contributed by atoms with E-state index in [1.807, 2.05) is 0 Å². The van der Waals surface area contributed by atoms with E-state index < -0.39 is 0 Å². The van der Waals surface area contributed by atoms with Gasteiger partial charge in [-0.2, -0.15) is 0 Å². The predicted molar refractivity (Wildman–Crippen MR) is 53.4 cm³/mol. The second-order valence-corrected chi connectivity index (χ2v) is 3.70. The molecule has 0 saturated carbocycles. The topological polar surface area (TPSA) is 22.0 Å². The molecule has 64 valence electrons. The van der Waals surface area contributed by atoms with Gasteiger partial charge in [-0.25, -0.2) is 0 Å². The molecular weight excluding hydrogens is 241 g/mol. The van der Waals surface area contributed by atoms with Gasteiger partial charge in [-0.15, -0.1) is 0 Å². The van der Waals surface area contributed by atoms with Crippen LogP contribution in [0.5, 0.6) is 0 Å². The molecular formula is C8H7BrClNO. The molecule has 1 aromatic heterocycles. The third kappa shape index (κ3) is 2.22. The lowest BCUT2D eigenvalue weighted by molar-refractivity contribution is 0.766. The molecule has 0 atom stereocenters. The minimum absolute atomic E-state index is 0.0979. The SMILES string of the molecule is C=C(Cl)Cn1cccc(Br)c1=O. The van der Waals surface area contributed by atoms with Crippen molar-refractivity contribution in [2.45, 2.75) is 6.54 Å². The van der Waals surface area contributed by atoms with Gasteiger partial charge in [-0.05, 0) is 28.1 Å². The van der Waals surface area contributed by atoms with Crippen LogP contribution in [0.25, 0.3) is 0 Å². The molecule has 0 unspecified atom stereocenters. The van der Waals surface area contributed by atoms with Crippen LogP contribution >= 0.6 is 27.5 Å². The largest absolute Gasteiger partial charge is 0.309 e. The van der Waals surface area contributed by atoms with Gasteiger partial charge >= 0.3 is 0 Å². The Kier molecular flexibility index (Phi) is 3.12. The molecule has 0 fully saturated rings. The quantitative estimate of drug-likeness (QED) is 0.787. The second-order valence-electron chi connectivity index (χ2n) is 2.31. The van der Waals surface area contributed by atoms with Gasteiger partial charge < -0.3 is 4.57 Å². The van der Waals surface area contributed by atoms with Crippen molar-refractivity contribution >= 4 is 27.5 Å². The van der Waals surface area contributed by atoms with Crippen molar-refractivity contribution in [3.63, 3.8) is 0 Å². The summed E-state index contributed by atoms with van der Waals surface area (Å²) >= 11 is 8.70. The van der Waals surface area contributed by atoms with Crippen LogP contribution in [0.3, 0.4) is 0 Å². The Morgan fingerprint density at radius 1 is 1.75 bits per heavy atom. The third-order valence-corrected chi connectivity index (χ3v) is 2.04. The van der Waals surface area contributed by atoms with Crippen molar-refractivity contribution in [3.05, 3.63) is 44.8 Å². The second kappa shape index (κ2) is 3.92. The molecule has 0 amide bonds. The molecule has 1 heterocycles. The Balaban J connectivity index is 3.09. The number of aromatic nitrogens is 1. The van der Waals surface area contributed by atoms with Gasteiger partial charge in [0.2, 0.25) is 0 Å². The minimum Gasteiger partial charge on any atom is -0.309 e. The first-order chi connectivity index (χ1) is 5.61. The molecule has 0 saturated heterocycles. The molecule has 0 bridgehead atoms. The van der Waals surface area contributed by atoms with Crippen LogP contribution in [-0.2, 0) is 6.54 Å². The molecule has 0 N–H and O–H groups in total. The summed E-state index contributed by atoms with van der Waals surface area (Å²) in [4.78, 5) is 11.3. The zero-order valence-corrected chi connectivity index (χ0v) is 8.60. The van der Waals surface area contributed by atoms with Gasteiger partial charge in [0.25, 0.3) is 5.56 Å². The number of pyridine rings is 1. The molecule has 12 heavy (non-hydrogen) atoms. The van der Waals surface area contributed by atoms with Gasteiger partial charge in [-0.1, -0.05) is 18.2 Å². The van der Waals surface area contributed by atoms with E-state index >= 15 is 0 Å². The molecule has 0 spiro atoms. The molecule has 0 aromatic carbocycles. The highest BCUT2D eigenvalue weighted by atomic mass is 79.9. The minimum atomic E-state index is -0.0979. The number of nitrogens with zero attached hydrogens (tertiary/aromatic N) is 1. The van der Waals surface area contributed by atoms with Crippen LogP contribution < -0.4 is 5.56 Å². The predicted octanol–water partition coefficient (Wildman–Crippen LogP) is 2.36. The number of rotatable bonds is 2. The summed E-state index contributed by atoms with van der Waals surface area (Å²) in [7, 11) is 0. The number of halogens is 2. The van der Waals surface area contributed by atoms with Crippen molar-refractivity contribution in [3.8, 4) is 0 Å². The highest BCUT2D eigenvalue weighted by Gasteiger charge is 1.99. The Morgan fingerprint density at radius 2 is 2.42 bits per heavy atom. The smallest absolute Gasteiger partial charge is 0.265 e. The van der Waals surface area contributed by atoms with E-state index in [-0.39, 0.29) is 5.56 Å². The van der Waals surface area contributed by atoms with Gasteiger partial charge in [-0.3, -0.25) is 4.79 Å². The Labute approximate surface area is 83.6 Å². The zero-order chi connectivity index (χ0) is 9.14. The van der Waals surface area contributed by atoms with Gasteiger partial charge in [0, 0.05) is 11.2 Å². The Bertz CT molecular complexity index is 358. The Morgan fingerprint density at radius 3 is 3.00 bits per heavy atom. The molecule has 0 aliphatic rings. The molecule has 4 heteroatoms. The maximum Gasteiger partial charge on any atom is 0.265 e. The average molecular weight is 249 g/mol. The normalized spacial score (nSPS) is 9.83. The summed E-state index contributed by atoms with van der Waals surface area (Å²) in [6.45, 7) is 3.86. The zero-order valence-electron chi connectivity index (χ0n) is 6.26. The fraction of sp³-hybridized carbons (Fsp3) is 0.125. The van der Waals surface area contributed by atoms with Crippen molar-refractivity contribution < 1.29 is 0 Å². The molecule has 0 radical (unpaired) electrons. The molecule has 1 aromatic rings. The van der Waals surface area contributed by atoms with E-state index in [4.69, 9.17) is 11.6 Å². The van der Waals surface area contributed by atoms with E-state index in [1.165, 1.54) is 4.57 Å². The Hall–Kier alpha value is -0.540. The number of hydrogen-bond donors (Lipinski definition) is 0. The maximum atomic E-state index is 11.3. The molecule has 0 aliphatic carbocycles. The van der Waals surface area contributed by atoms with E-state index in [9.17, 15) is 4.79 Å². The van der Waals surface area contributed by atoms with Gasteiger partial charge in [0.1, 0.15) is 0 Å². The van der Waals surface area contributed by atoms with Gasteiger partial charge in [0.05, 0.1) is 11.0 Å². The first-order valence-corrected chi connectivity index (χ1v) is 4.46. The summed E-state index contributed by atoms with van der Waals surface area (Å²) in [6, 6.07) is 3.46. The first-order valence-electron chi connectivity index (χ1n) is 3.29. The van der Waals surface area contributed by atoms with E-state index in [0.717, 1.165) is 0 Å². The average Bonchev–Trinajstić information content (AvgIpc) is 1.98. The summed E-state index contributed by atoms with van der Waals surface area (Å²) in [6.07, 6.45) is 1.67. The van der Waals surface area contributed by atoms with Crippen LogP contribution in [0.1, 0.15) is 0 Å².